The molecule has 2 atom stereocenters. The summed E-state index contributed by atoms with van der Waals surface area (Å²) >= 11 is 0. The number of halogens is 3. The van der Waals surface area contributed by atoms with Crippen LogP contribution in [0.2, 0.25) is 0 Å². The van der Waals surface area contributed by atoms with Crippen molar-refractivity contribution in [3.63, 3.8) is 0 Å². The van der Waals surface area contributed by atoms with Crippen molar-refractivity contribution in [2.45, 2.75) is 33.3 Å². The predicted molar refractivity (Wildman–Crippen MR) is 84.3 cm³/mol. The van der Waals surface area contributed by atoms with Gasteiger partial charge in [0, 0.05) is 24.4 Å². The van der Waals surface area contributed by atoms with Gasteiger partial charge < -0.3 is 15.5 Å². The molecule has 1 aromatic carbocycles. The highest BCUT2D eigenvalue weighted by Crippen LogP contribution is 2.20. The van der Waals surface area contributed by atoms with Gasteiger partial charge in [-0.15, -0.1) is 0 Å². The summed E-state index contributed by atoms with van der Waals surface area (Å²) in [5, 5.41) is 21.4. The Morgan fingerprint density at radius 2 is 1.72 bits per heavy atom. The summed E-state index contributed by atoms with van der Waals surface area (Å²) in [4.78, 5) is 23.8. The highest BCUT2D eigenvalue weighted by molar-refractivity contribution is 5.96. The van der Waals surface area contributed by atoms with Gasteiger partial charge >= 0.3 is 0 Å². The average molecular weight is 361 g/mol. The molecule has 140 valence electrons. The lowest BCUT2D eigenvalue weighted by Gasteiger charge is -2.27. The number of nitrogens with one attached hydrogen (secondary N) is 1. The Labute approximate surface area is 143 Å². The molecular weight excluding hydrogens is 339 g/mol. The van der Waals surface area contributed by atoms with E-state index < -0.39 is 58.7 Å². The van der Waals surface area contributed by atoms with E-state index in [9.17, 15) is 27.9 Å². The van der Waals surface area contributed by atoms with Gasteiger partial charge in [0.25, 0.3) is 0 Å². The molecule has 0 bridgehead atoms. The molecule has 1 amide bonds. The van der Waals surface area contributed by atoms with Gasteiger partial charge in [-0.05, 0) is 12.0 Å². The molecule has 1 aromatic rings. The van der Waals surface area contributed by atoms with Crippen LogP contribution in [0, 0.1) is 28.8 Å². The van der Waals surface area contributed by atoms with Gasteiger partial charge in [0.05, 0.1) is 12.2 Å². The van der Waals surface area contributed by atoms with Gasteiger partial charge in [-0.1, -0.05) is 20.8 Å². The zero-order valence-electron chi connectivity index (χ0n) is 14.3. The normalized spacial score (nSPS) is 14.1. The van der Waals surface area contributed by atoms with E-state index in [1.807, 2.05) is 0 Å². The molecule has 1 rings (SSSR count). The van der Waals surface area contributed by atoms with Gasteiger partial charge in [-0.25, -0.2) is 13.2 Å². The molecule has 5 nitrogen and oxygen atoms in total. The van der Waals surface area contributed by atoms with Crippen LogP contribution in [-0.2, 0) is 4.79 Å². The number of ketones is 1. The molecule has 0 heterocycles. The second kappa shape index (κ2) is 8.44. The number of Topliss-reactive ketones (excluding diaryl/α,β-unsaturated/α-hetero) is 1. The van der Waals surface area contributed by atoms with Gasteiger partial charge in [0.2, 0.25) is 5.91 Å². The number of carbonyl (C=O) groups excluding carboxylic acids is 2. The highest BCUT2D eigenvalue weighted by Gasteiger charge is 2.33. The predicted octanol–water partition coefficient (Wildman–Crippen LogP) is 1.81. The van der Waals surface area contributed by atoms with Crippen molar-refractivity contribution in [1.82, 2.24) is 5.32 Å². The van der Waals surface area contributed by atoms with Crippen LogP contribution in [-0.4, -0.2) is 41.2 Å². The Morgan fingerprint density at radius 1 is 1.16 bits per heavy atom. The summed E-state index contributed by atoms with van der Waals surface area (Å²) in [7, 11) is 0. The number of hydrogen-bond acceptors (Lipinski definition) is 4. The van der Waals surface area contributed by atoms with Crippen molar-refractivity contribution >= 4 is 11.7 Å². The van der Waals surface area contributed by atoms with E-state index in [0.717, 1.165) is 0 Å². The van der Waals surface area contributed by atoms with E-state index in [-0.39, 0.29) is 13.0 Å². The maximum atomic E-state index is 13.6. The summed E-state index contributed by atoms with van der Waals surface area (Å²) in [6.45, 7) is 4.23. The number of hydrogen-bond donors (Lipinski definition) is 3. The molecule has 0 spiro atoms. The fraction of sp³-hybridized carbons (Fsp3) is 0.529. The monoisotopic (exact) mass is 361 g/mol. The van der Waals surface area contributed by atoms with Crippen LogP contribution in [0.15, 0.2) is 12.1 Å². The molecule has 0 radical (unpaired) electrons. The summed E-state index contributed by atoms with van der Waals surface area (Å²) in [6, 6.07) is 0.814. The number of aliphatic hydroxyl groups excluding tert-OH is 2. The summed E-state index contributed by atoms with van der Waals surface area (Å²) in [5.41, 5.74) is -1.59. The molecule has 0 fully saturated rings. The minimum Gasteiger partial charge on any atom is -0.396 e. The Balaban J connectivity index is 2.63. The number of amides is 1. The van der Waals surface area contributed by atoms with Crippen LogP contribution in [0.5, 0.6) is 0 Å². The first-order valence-corrected chi connectivity index (χ1v) is 7.74. The number of benzene rings is 1. The topological polar surface area (TPSA) is 86.6 Å². The van der Waals surface area contributed by atoms with E-state index in [4.69, 9.17) is 5.11 Å². The first kappa shape index (κ1) is 21.1. The van der Waals surface area contributed by atoms with E-state index in [1.165, 1.54) is 13.8 Å². The number of carbonyl (C=O) groups is 2. The number of aliphatic hydroxyl groups is 2. The zero-order chi connectivity index (χ0) is 19.4. The van der Waals surface area contributed by atoms with Crippen molar-refractivity contribution in [2.24, 2.45) is 11.3 Å². The third-order valence-electron chi connectivity index (χ3n) is 3.87. The van der Waals surface area contributed by atoms with Crippen molar-refractivity contribution in [1.29, 1.82) is 0 Å². The third kappa shape index (κ3) is 5.54. The largest absolute Gasteiger partial charge is 0.396 e. The van der Waals surface area contributed by atoms with Crippen molar-refractivity contribution < 1.29 is 33.0 Å². The van der Waals surface area contributed by atoms with Gasteiger partial charge in [0.1, 0.15) is 11.9 Å². The lowest BCUT2D eigenvalue weighted by molar-refractivity contribution is -0.137. The van der Waals surface area contributed by atoms with Gasteiger partial charge in [-0.3, -0.25) is 9.59 Å². The van der Waals surface area contributed by atoms with Crippen LogP contribution in [0.3, 0.4) is 0 Å². The van der Waals surface area contributed by atoms with E-state index >= 15 is 0 Å². The first-order valence-electron chi connectivity index (χ1n) is 7.74. The van der Waals surface area contributed by atoms with Crippen molar-refractivity contribution in [2.75, 3.05) is 13.2 Å². The molecule has 25 heavy (non-hydrogen) atoms. The molecule has 0 unspecified atom stereocenters. The number of rotatable bonds is 8. The molecule has 0 saturated heterocycles. The fourth-order valence-electron chi connectivity index (χ4n) is 2.05. The second-order valence-corrected chi connectivity index (χ2v) is 6.77. The van der Waals surface area contributed by atoms with Crippen molar-refractivity contribution in [3.8, 4) is 0 Å². The van der Waals surface area contributed by atoms with Crippen LogP contribution < -0.4 is 5.32 Å². The molecular formula is C17H22F3NO4. The maximum Gasteiger partial charge on any atom is 0.249 e. The molecule has 0 aromatic heterocycles. The minimum atomic E-state index is -1.44. The Kier molecular flexibility index (Phi) is 7.13. The fourth-order valence-corrected chi connectivity index (χ4v) is 2.05. The van der Waals surface area contributed by atoms with Crippen LogP contribution in [0.4, 0.5) is 13.2 Å². The molecule has 8 heteroatoms. The summed E-state index contributed by atoms with van der Waals surface area (Å²) in [6.07, 6.45) is -1.65. The molecule has 0 aliphatic heterocycles. The average Bonchev–Trinajstić information content (AvgIpc) is 2.54. The summed E-state index contributed by atoms with van der Waals surface area (Å²) < 4.78 is 39.6. The molecule has 0 aliphatic carbocycles. The second-order valence-electron chi connectivity index (χ2n) is 6.77. The highest BCUT2D eigenvalue weighted by atomic mass is 19.2. The Bertz CT molecular complexity index is 649. The van der Waals surface area contributed by atoms with Gasteiger partial charge in [0.15, 0.2) is 17.4 Å². The lowest BCUT2D eigenvalue weighted by atomic mass is 9.87. The van der Waals surface area contributed by atoms with Crippen molar-refractivity contribution in [3.05, 3.63) is 35.1 Å². The molecule has 3 N–H and O–H groups in total. The Morgan fingerprint density at radius 3 is 2.28 bits per heavy atom. The third-order valence-corrected chi connectivity index (χ3v) is 3.87. The first-order chi connectivity index (χ1) is 11.5. The van der Waals surface area contributed by atoms with E-state index in [0.29, 0.717) is 12.1 Å². The van der Waals surface area contributed by atoms with Crippen LogP contribution in [0.25, 0.3) is 0 Å². The quantitative estimate of drug-likeness (QED) is 0.487. The molecule has 0 aliphatic rings. The summed E-state index contributed by atoms with van der Waals surface area (Å²) in [5.74, 6) is -5.73. The van der Waals surface area contributed by atoms with Crippen LogP contribution >= 0.6 is 0 Å². The van der Waals surface area contributed by atoms with Gasteiger partial charge in [-0.2, -0.15) is 0 Å². The van der Waals surface area contributed by atoms with Crippen LogP contribution in [0.1, 0.15) is 37.6 Å². The SMILES string of the molecule is C[C@H](CNC(=O)[C@@H](O)C(C)(C)CO)CC(=O)c1cc(F)c(F)cc1F. The zero-order valence-corrected chi connectivity index (χ0v) is 14.3. The smallest absolute Gasteiger partial charge is 0.249 e. The minimum absolute atomic E-state index is 0.00837. The maximum absolute atomic E-state index is 13.6. The van der Waals surface area contributed by atoms with E-state index in [1.54, 1.807) is 6.92 Å². The van der Waals surface area contributed by atoms with E-state index in [2.05, 4.69) is 5.32 Å². The standard InChI is InChI=1S/C17H22F3NO4/c1-9(7-21-16(25)15(24)17(2,3)8-22)4-14(23)10-5-12(19)13(20)6-11(10)18/h5-6,9,15,22,24H,4,7-8H2,1-3H3,(H,21,25)/t9-,15+/m0/s1. The molecule has 0 saturated carbocycles. The lowest BCUT2D eigenvalue weighted by Crippen LogP contribution is -2.46. The Hall–Kier alpha value is -1.93.